The van der Waals surface area contributed by atoms with Gasteiger partial charge in [-0.3, -0.25) is 24.5 Å². The minimum absolute atomic E-state index is 0.196. The molecule has 0 saturated carbocycles. The highest BCUT2D eigenvalue weighted by molar-refractivity contribution is 6.21. The molecule has 1 aliphatic rings. The highest BCUT2D eigenvalue weighted by Crippen LogP contribution is 2.31. The van der Waals surface area contributed by atoms with Crippen LogP contribution in [0.3, 0.4) is 0 Å². The molecule has 1 atom stereocenters. The van der Waals surface area contributed by atoms with E-state index in [9.17, 15) is 9.59 Å². The van der Waals surface area contributed by atoms with Crippen LogP contribution in [-0.4, -0.2) is 40.3 Å². The van der Waals surface area contributed by atoms with Gasteiger partial charge in [0.15, 0.2) is 0 Å². The van der Waals surface area contributed by atoms with Gasteiger partial charge in [-0.2, -0.15) is 0 Å². The number of pyridine rings is 2. The second kappa shape index (κ2) is 9.06. The van der Waals surface area contributed by atoms with E-state index in [1.165, 1.54) is 4.90 Å². The largest absolute Gasteiger partial charge is 0.494 e. The van der Waals surface area contributed by atoms with Crippen molar-refractivity contribution in [1.82, 2.24) is 14.9 Å². The summed E-state index contributed by atoms with van der Waals surface area (Å²) in [4.78, 5) is 35.5. The summed E-state index contributed by atoms with van der Waals surface area (Å²) in [5, 5.41) is 1.05. The van der Waals surface area contributed by atoms with E-state index < -0.39 is 0 Å². The van der Waals surface area contributed by atoms with Crippen molar-refractivity contribution in [3.63, 3.8) is 0 Å². The molecule has 0 saturated heterocycles. The molecule has 4 aromatic rings. The minimum atomic E-state index is -0.196. The summed E-state index contributed by atoms with van der Waals surface area (Å²) >= 11 is 0. The lowest BCUT2D eigenvalue weighted by Gasteiger charge is -2.17. The second-order valence-corrected chi connectivity index (χ2v) is 8.69. The van der Waals surface area contributed by atoms with Crippen LogP contribution in [0.25, 0.3) is 22.0 Å². The van der Waals surface area contributed by atoms with E-state index in [-0.39, 0.29) is 17.7 Å². The Morgan fingerprint density at radius 3 is 2.44 bits per heavy atom. The van der Waals surface area contributed by atoms with Crippen LogP contribution in [-0.2, 0) is 6.42 Å². The predicted molar refractivity (Wildman–Crippen MR) is 131 cm³/mol. The molecule has 34 heavy (non-hydrogen) atoms. The molecule has 2 aromatic carbocycles. The molecule has 6 heteroatoms. The fourth-order valence-electron chi connectivity index (χ4n) is 4.48. The summed E-state index contributed by atoms with van der Waals surface area (Å²) in [6, 6.07) is 19.3. The number of ether oxygens (including phenoxy) is 1. The van der Waals surface area contributed by atoms with Gasteiger partial charge in [0, 0.05) is 29.4 Å². The van der Waals surface area contributed by atoms with Gasteiger partial charge in [-0.25, -0.2) is 0 Å². The molecule has 5 rings (SSSR count). The Morgan fingerprint density at radius 2 is 1.71 bits per heavy atom. The first-order valence-electron chi connectivity index (χ1n) is 11.4. The summed E-state index contributed by atoms with van der Waals surface area (Å²) in [5.74, 6) is 0.615. The number of rotatable bonds is 7. The number of benzene rings is 2. The van der Waals surface area contributed by atoms with Gasteiger partial charge in [0.25, 0.3) is 11.8 Å². The molecule has 0 aliphatic carbocycles. The van der Waals surface area contributed by atoms with Crippen LogP contribution in [0.1, 0.15) is 39.8 Å². The first kappa shape index (κ1) is 21.8. The van der Waals surface area contributed by atoms with Crippen LogP contribution in [0.2, 0.25) is 0 Å². The maximum absolute atomic E-state index is 12.6. The number of hydrogen-bond acceptors (Lipinski definition) is 5. The number of carbonyl (C=O) groups is 2. The van der Waals surface area contributed by atoms with Crippen molar-refractivity contribution < 1.29 is 14.3 Å². The summed E-state index contributed by atoms with van der Waals surface area (Å²) in [6.45, 7) is 2.54. The number of fused-ring (bicyclic) bond motifs is 2. The van der Waals surface area contributed by atoms with Crippen molar-refractivity contribution in [2.75, 3.05) is 13.7 Å². The third kappa shape index (κ3) is 4.03. The van der Waals surface area contributed by atoms with Crippen LogP contribution in [0.5, 0.6) is 5.75 Å². The first-order chi connectivity index (χ1) is 16.5. The number of nitrogens with zero attached hydrogens (tertiary/aromatic N) is 3. The number of methoxy groups -OCH3 is 1. The quantitative estimate of drug-likeness (QED) is 0.363. The van der Waals surface area contributed by atoms with Gasteiger partial charge in [0.1, 0.15) is 5.75 Å². The second-order valence-electron chi connectivity index (χ2n) is 8.69. The number of imide groups is 1. The van der Waals surface area contributed by atoms with E-state index in [1.807, 2.05) is 18.2 Å². The van der Waals surface area contributed by atoms with Gasteiger partial charge < -0.3 is 4.74 Å². The number of carbonyl (C=O) groups excluding carboxylic acids is 2. The van der Waals surface area contributed by atoms with Crippen molar-refractivity contribution >= 4 is 22.7 Å². The van der Waals surface area contributed by atoms with Crippen molar-refractivity contribution in [2.24, 2.45) is 5.92 Å². The van der Waals surface area contributed by atoms with Crippen molar-refractivity contribution in [3.8, 4) is 16.9 Å². The number of amides is 2. The lowest BCUT2D eigenvalue weighted by Crippen LogP contribution is -2.31. The zero-order chi connectivity index (χ0) is 23.7. The Labute approximate surface area is 198 Å². The SMILES string of the molecule is COc1cnccc1-c1ccc2nc(CC(C)CCN3C(=O)c4ccccc4C3=O)ccc2c1. The fraction of sp³-hybridized carbons (Fsp3) is 0.214. The molecule has 1 unspecified atom stereocenters. The Hall–Kier alpha value is -4.06. The molecule has 0 spiro atoms. The molecular formula is C28H25N3O3. The third-order valence-electron chi connectivity index (χ3n) is 6.34. The van der Waals surface area contributed by atoms with Gasteiger partial charge in [0.2, 0.25) is 0 Å². The van der Waals surface area contributed by atoms with Gasteiger partial charge in [0.05, 0.1) is 30.0 Å². The van der Waals surface area contributed by atoms with E-state index in [4.69, 9.17) is 9.72 Å². The molecule has 0 fully saturated rings. The standard InChI is InChI=1S/C28H25N3O3/c1-18(12-14-31-27(32)23-5-3-4-6-24(23)28(31)33)15-21-9-7-20-16-19(8-10-25(20)30-21)22-11-13-29-17-26(22)34-2/h3-11,13,16-18H,12,14-15H2,1-2H3. The summed E-state index contributed by atoms with van der Waals surface area (Å²) in [7, 11) is 1.64. The van der Waals surface area contributed by atoms with Crippen molar-refractivity contribution in [2.45, 2.75) is 19.8 Å². The molecule has 2 aromatic heterocycles. The highest BCUT2D eigenvalue weighted by Gasteiger charge is 2.34. The maximum atomic E-state index is 12.6. The molecule has 0 bridgehead atoms. The topological polar surface area (TPSA) is 72.4 Å². The van der Waals surface area contributed by atoms with E-state index in [0.717, 1.165) is 46.3 Å². The molecule has 170 valence electrons. The van der Waals surface area contributed by atoms with Crippen LogP contribution < -0.4 is 4.74 Å². The van der Waals surface area contributed by atoms with E-state index in [0.29, 0.717) is 17.7 Å². The Morgan fingerprint density at radius 1 is 0.941 bits per heavy atom. The van der Waals surface area contributed by atoms with Crippen molar-refractivity contribution in [1.29, 1.82) is 0 Å². The average Bonchev–Trinajstić information content (AvgIpc) is 3.11. The van der Waals surface area contributed by atoms with Gasteiger partial charge >= 0.3 is 0 Å². The van der Waals surface area contributed by atoms with Crippen LogP contribution in [0, 0.1) is 5.92 Å². The Balaban J connectivity index is 1.26. The lowest BCUT2D eigenvalue weighted by molar-refractivity contribution is 0.0646. The van der Waals surface area contributed by atoms with E-state index >= 15 is 0 Å². The average molecular weight is 452 g/mol. The Bertz CT molecular complexity index is 1360. The zero-order valence-electron chi connectivity index (χ0n) is 19.2. The normalized spacial score (nSPS) is 13.9. The van der Waals surface area contributed by atoms with Gasteiger partial charge in [-0.15, -0.1) is 0 Å². The maximum Gasteiger partial charge on any atom is 0.261 e. The molecule has 6 nitrogen and oxygen atoms in total. The summed E-state index contributed by atoms with van der Waals surface area (Å²) in [6.07, 6.45) is 4.97. The predicted octanol–water partition coefficient (Wildman–Crippen LogP) is 5.17. The Kier molecular flexibility index (Phi) is 5.80. The van der Waals surface area contributed by atoms with Crippen LogP contribution in [0.15, 0.2) is 73.1 Å². The van der Waals surface area contributed by atoms with E-state index in [2.05, 4.69) is 30.1 Å². The van der Waals surface area contributed by atoms with E-state index in [1.54, 1.807) is 43.8 Å². The fourth-order valence-corrected chi connectivity index (χ4v) is 4.48. The van der Waals surface area contributed by atoms with Crippen molar-refractivity contribution in [3.05, 3.63) is 89.9 Å². The molecule has 2 amide bonds. The monoisotopic (exact) mass is 451 g/mol. The van der Waals surface area contributed by atoms with Gasteiger partial charge in [-0.1, -0.05) is 31.2 Å². The molecule has 3 heterocycles. The van der Waals surface area contributed by atoms with Crippen LogP contribution in [0.4, 0.5) is 0 Å². The summed E-state index contributed by atoms with van der Waals surface area (Å²) < 4.78 is 5.44. The third-order valence-corrected chi connectivity index (χ3v) is 6.34. The smallest absolute Gasteiger partial charge is 0.261 e. The number of hydrogen-bond donors (Lipinski definition) is 0. The molecule has 1 aliphatic heterocycles. The zero-order valence-corrected chi connectivity index (χ0v) is 19.2. The molecule has 0 radical (unpaired) electrons. The van der Waals surface area contributed by atoms with Crippen LogP contribution >= 0.6 is 0 Å². The van der Waals surface area contributed by atoms with Gasteiger partial charge in [-0.05, 0) is 60.7 Å². The first-order valence-corrected chi connectivity index (χ1v) is 11.4. The number of aromatic nitrogens is 2. The molecular weight excluding hydrogens is 426 g/mol. The molecule has 0 N–H and O–H groups in total. The minimum Gasteiger partial charge on any atom is -0.494 e. The lowest BCUT2D eigenvalue weighted by atomic mass is 9.99. The summed E-state index contributed by atoms with van der Waals surface area (Å²) in [5.41, 5.74) is 4.97. The highest BCUT2D eigenvalue weighted by atomic mass is 16.5.